The van der Waals surface area contributed by atoms with Crippen molar-refractivity contribution in [1.82, 2.24) is 4.90 Å². The number of furan rings is 1. The van der Waals surface area contributed by atoms with Crippen LogP contribution >= 0.6 is 15.9 Å². The Balaban J connectivity index is 2.53. The maximum Gasteiger partial charge on any atom is 0.258 e. The van der Waals surface area contributed by atoms with Crippen LogP contribution in [0.5, 0.6) is 0 Å². The Kier molecular flexibility index (Phi) is 9.48. The van der Waals surface area contributed by atoms with Crippen LogP contribution in [0.15, 0.2) is 21.4 Å². The van der Waals surface area contributed by atoms with Crippen LogP contribution in [0.25, 0.3) is 0 Å². The minimum Gasteiger partial charge on any atom is -0.457 e. The zero-order valence-electron chi connectivity index (χ0n) is 13.4. The van der Waals surface area contributed by atoms with E-state index in [9.17, 15) is 4.79 Å². The first-order valence-corrected chi connectivity index (χ1v) is 9.02. The van der Waals surface area contributed by atoms with Gasteiger partial charge in [-0.05, 0) is 34.8 Å². The molecule has 0 aliphatic rings. The van der Waals surface area contributed by atoms with Gasteiger partial charge in [-0.15, -0.1) is 0 Å². The fourth-order valence-electron chi connectivity index (χ4n) is 2.39. The van der Waals surface area contributed by atoms with Gasteiger partial charge in [0.2, 0.25) is 0 Å². The Bertz CT molecular complexity index is 391. The second-order valence-corrected chi connectivity index (χ2v) is 6.24. The van der Waals surface area contributed by atoms with Gasteiger partial charge in [-0.3, -0.25) is 4.79 Å². The largest absolute Gasteiger partial charge is 0.457 e. The van der Waals surface area contributed by atoms with Crippen LogP contribution in [0.4, 0.5) is 0 Å². The van der Waals surface area contributed by atoms with E-state index in [1.54, 1.807) is 12.3 Å². The SMILES string of the molecule is CCCCCCN(CCCCCC)C(=O)c1ccoc1Br. The van der Waals surface area contributed by atoms with Crippen LogP contribution in [-0.2, 0) is 0 Å². The summed E-state index contributed by atoms with van der Waals surface area (Å²) in [5.74, 6) is 0.0867. The first-order valence-electron chi connectivity index (χ1n) is 8.23. The Morgan fingerprint density at radius 1 is 1.05 bits per heavy atom. The van der Waals surface area contributed by atoms with Crippen LogP contribution in [0, 0.1) is 0 Å². The number of hydrogen-bond acceptors (Lipinski definition) is 2. The molecule has 0 aliphatic carbocycles. The molecule has 1 aromatic heterocycles. The predicted molar refractivity (Wildman–Crippen MR) is 90.6 cm³/mol. The zero-order valence-corrected chi connectivity index (χ0v) is 15.0. The van der Waals surface area contributed by atoms with E-state index >= 15 is 0 Å². The summed E-state index contributed by atoms with van der Waals surface area (Å²) in [7, 11) is 0. The third-order valence-corrected chi connectivity index (χ3v) is 4.31. The summed E-state index contributed by atoms with van der Waals surface area (Å²) >= 11 is 3.31. The molecular formula is C17H28BrNO2. The number of rotatable bonds is 11. The molecule has 1 heterocycles. The van der Waals surface area contributed by atoms with E-state index in [0.29, 0.717) is 10.2 Å². The number of carbonyl (C=O) groups is 1. The highest BCUT2D eigenvalue weighted by atomic mass is 79.9. The molecule has 0 bridgehead atoms. The molecule has 0 aliphatic heterocycles. The molecule has 0 atom stereocenters. The lowest BCUT2D eigenvalue weighted by molar-refractivity contribution is 0.0747. The third kappa shape index (κ3) is 6.68. The van der Waals surface area contributed by atoms with Crippen molar-refractivity contribution in [2.45, 2.75) is 65.2 Å². The van der Waals surface area contributed by atoms with Gasteiger partial charge < -0.3 is 9.32 Å². The number of unbranched alkanes of at least 4 members (excludes halogenated alkanes) is 6. The molecule has 0 unspecified atom stereocenters. The van der Waals surface area contributed by atoms with E-state index in [-0.39, 0.29) is 5.91 Å². The molecule has 1 rings (SSSR count). The quantitative estimate of drug-likeness (QED) is 0.479. The molecule has 0 saturated carbocycles. The smallest absolute Gasteiger partial charge is 0.258 e. The van der Waals surface area contributed by atoms with Gasteiger partial charge in [0.15, 0.2) is 4.67 Å². The molecule has 0 saturated heterocycles. The summed E-state index contributed by atoms with van der Waals surface area (Å²) in [6, 6.07) is 1.75. The summed E-state index contributed by atoms with van der Waals surface area (Å²) in [6.45, 7) is 6.11. The lowest BCUT2D eigenvalue weighted by Gasteiger charge is -2.22. The van der Waals surface area contributed by atoms with Gasteiger partial charge >= 0.3 is 0 Å². The summed E-state index contributed by atoms with van der Waals surface area (Å²) in [4.78, 5) is 14.6. The topological polar surface area (TPSA) is 33.5 Å². The van der Waals surface area contributed by atoms with Crippen LogP contribution in [0.3, 0.4) is 0 Å². The fourth-order valence-corrected chi connectivity index (χ4v) is 2.80. The Labute approximate surface area is 137 Å². The summed E-state index contributed by atoms with van der Waals surface area (Å²) < 4.78 is 5.73. The van der Waals surface area contributed by atoms with E-state index in [2.05, 4.69) is 29.8 Å². The third-order valence-electron chi connectivity index (χ3n) is 3.70. The number of amides is 1. The molecule has 0 spiro atoms. The molecule has 3 nitrogen and oxygen atoms in total. The van der Waals surface area contributed by atoms with Gasteiger partial charge in [0.25, 0.3) is 5.91 Å². The number of carbonyl (C=O) groups excluding carboxylic acids is 1. The Morgan fingerprint density at radius 3 is 2.05 bits per heavy atom. The maximum atomic E-state index is 12.6. The molecule has 1 amide bonds. The van der Waals surface area contributed by atoms with E-state index in [4.69, 9.17) is 4.42 Å². The molecule has 4 heteroatoms. The van der Waals surface area contributed by atoms with Gasteiger partial charge in [0.1, 0.15) is 0 Å². The second kappa shape index (κ2) is 10.9. The van der Waals surface area contributed by atoms with Crippen LogP contribution in [0.1, 0.15) is 75.6 Å². The minimum atomic E-state index is 0.0867. The van der Waals surface area contributed by atoms with Crippen LogP contribution < -0.4 is 0 Å². The predicted octanol–water partition coefficient (Wildman–Crippen LogP) is 5.64. The molecule has 120 valence electrons. The van der Waals surface area contributed by atoms with Crippen molar-refractivity contribution in [3.8, 4) is 0 Å². The number of nitrogens with zero attached hydrogens (tertiary/aromatic N) is 1. The highest BCUT2D eigenvalue weighted by Gasteiger charge is 2.19. The van der Waals surface area contributed by atoms with Gasteiger partial charge in [0.05, 0.1) is 11.8 Å². The molecule has 1 aromatic rings. The molecule has 21 heavy (non-hydrogen) atoms. The standard InChI is InChI=1S/C17H28BrNO2/c1-3-5-7-9-12-19(13-10-8-6-4-2)17(20)15-11-14-21-16(15)18/h11,14H,3-10,12-13H2,1-2H3. The minimum absolute atomic E-state index is 0.0867. The van der Waals surface area contributed by atoms with E-state index in [1.807, 2.05) is 4.90 Å². The van der Waals surface area contributed by atoms with Gasteiger partial charge in [-0.2, -0.15) is 0 Å². The van der Waals surface area contributed by atoms with E-state index in [1.165, 1.54) is 38.5 Å². The van der Waals surface area contributed by atoms with Crippen molar-refractivity contribution < 1.29 is 9.21 Å². The monoisotopic (exact) mass is 357 g/mol. The highest BCUT2D eigenvalue weighted by molar-refractivity contribution is 9.10. The van der Waals surface area contributed by atoms with Gasteiger partial charge in [0, 0.05) is 13.1 Å². The normalized spacial score (nSPS) is 10.8. The first kappa shape index (κ1) is 18.3. The molecule has 0 radical (unpaired) electrons. The maximum absolute atomic E-state index is 12.6. The van der Waals surface area contributed by atoms with Crippen molar-refractivity contribution in [2.75, 3.05) is 13.1 Å². The Hall–Kier alpha value is -0.770. The number of halogens is 1. The molecular weight excluding hydrogens is 330 g/mol. The van der Waals surface area contributed by atoms with Crippen LogP contribution in [-0.4, -0.2) is 23.9 Å². The van der Waals surface area contributed by atoms with E-state index in [0.717, 1.165) is 25.9 Å². The molecule has 0 aromatic carbocycles. The highest BCUT2D eigenvalue weighted by Crippen LogP contribution is 2.20. The average Bonchev–Trinajstić information content (AvgIpc) is 2.91. The van der Waals surface area contributed by atoms with Crippen molar-refractivity contribution >= 4 is 21.8 Å². The molecule has 0 fully saturated rings. The fraction of sp³-hybridized carbons (Fsp3) is 0.706. The van der Waals surface area contributed by atoms with Crippen LogP contribution in [0.2, 0.25) is 0 Å². The second-order valence-electron chi connectivity index (χ2n) is 5.52. The first-order chi connectivity index (χ1) is 10.2. The van der Waals surface area contributed by atoms with E-state index < -0.39 is 0 Å². The lowest BCUT2D eigenvalue weighted by atomic mass is 10.1. The zero-order chi connectivity index (χ0) is 15.5. The Morgan fingerprint density at radius 2 is 1.62 bits per heavy atom. The molecule has 0 N–H and O–H groups in total. The lowest BCUT2D eigenvalue weighted by Crippen LogP contribution is -2.33. The van der Waals surface area contributed by atoms with Gasteiger partial charge in [-0.1, -0.05) is 52.4 Å². The van der Waals surface area contributed by atoms with Crippen molar-refractivity contribution in [3.05, 3.63) is 22.6 Å². The van der Waals surface area contributed by atoms with Crippen molar-refractivity contribution in [1.29, 1.82) is 0 Å². The summed E-state index contributed by atoms with van der Waals surface area (Å²) in [5.41, 5.74) is 0.640. The summed E-state index contributed by atoms with van der Waals surface area (Å²) in [6.07, 6.45) is 11.1. The van der Waals surface area contributed by atoms with Crippen molar-refractivity contribution in [2.24, 2.45) is 0 Å². The summed E-state index contributed by atoms with van der Waals surface area (Å²) in [5, 5.41) is 0. The van der Waals surface area contributed by atoms with Crippen molar-refractivity contribution in [3.63, 3.8) is 0 Å². The van der Waals surface area contributed by atoms with Gasteiger partial charge in [-0.25, -0.2) is 0 Å². The average molecular weight is 358 g/mol. The number of hydrogen-bond donors (Lipinski definition) is 0.